The second kappa shape index (κ2) is 3.74. The molecule has 1 saturated carbocycles. The number of hydrogen-bond donors (Lipinski definition) is 0. The van der Waals surface area contributed by atoms with Crippen molar-refractivity contribution in [2.75, 3.05) is 0 Å². The van der Waals surface area contributed by atoms with Crippen molar-refractivity contribution < 1.29 is 4.79 Å². The van der Waals surface area contributed by atoms with Crippen LogP contribution in [-0.4, -0.2) is 15.7 Å². The summed E-state index contributed by atoms with van der Waals surface area (Å²) < 4.78 is 2.00. The lowest BCUT2D eigenvalue weighted by atomic mass is 10.1. The van der Waals surface area contributed by atoms with Gasteiger partial charge in [0.2, 0.25) is 0 Å². The first-order valence-electron chi connectivity index (χ1n) is 5.80. The molecule has 0 bridgehead atoms. The van der Waals surface area contributed by atoms with Crippen molar-refractivity contribution in [3.63, 3.8) is 0 Å². The molecule has 16 heavy (non-hydrogen) atoms. The first-order chi connectivity index (χ1) is 7.86. The highest BCUT2D eigenvalue weighted by Crippen LogP contribution is 2.33. The average molecular weight is 214 g/mol. The molecule has 1 aliphatic carbocycles. The molecule has 1 fully saturated rings. The van der Waals surface area contributed by atoms with E-state index in [1.54, 1.807) is 0 Å². The zero-order valence-corrected chi connectivity index (χ0v) is 9.10. The Hall–Kier alpha value is -1.64. The van der Waals surface area contributed by atoms with Crippen LogP contribution in [-0.2, 0) is 0 Å². The standard InChI is InChI=1S/C13H14N2O/c16-9-10-5-6-15-8-12(14-13(15)7-10)11-3-1-2-4-11/h5-9,11H,1-4H2. The van der Waals surface area contributed by atoms with Gasteiger partial charge in [0.1, 0.15) is 11.9 Å². The predicted octanol–water partition coefficient (Wildman–Crippen LogP) is 2.80. The Bertz CT molecular complexity index is 524. The largest absolute Gasteiger partial charge is 0.307 e. The lowest BCUT2D eigenvalue weighted by molar-refractivity contribution is 0.112. The first kappa shape index (κ1) is 9.58. The second-order valence-corrected chi connectivity index (χ2v) is 4.49. The van der Waals surface area contributed by atoms with Gasteiger partial charge in [-0.2, -0.15) is 0 Å². The van der Waals surface area contributed by atoms with Gasteiger partial charge in [-0.15, -0.1) is 0 Å². The van der Waals surface area contributed by atoms with Crippen LogP contribution < -0.4 is 0 Å². The molecule has 0 saturated heterocycles. The van der Waals surface area contributed by atoms with Crippen molar-refractivity contribution >= 4 is 11.9 Å². The van der Waals surface area contributed by atoms with E-state index in [4.69, 9.17) is 0 Å². The highest BCUT2D eigenvalue weighted by molar-refractivity contribution is 5.76. The van der Waals surface area contributed by atoms with E-state index in [0.29, 0.717) is 11.5 Å². The maximum Gasteiger partial charge on any atom is 0.150 e. The van der Waals surface area contributed by atoms with Crippen LogP contribution in [0.3, 0.4) is 0 Å². The normalized spacial score (nSPS) is 17.0. The van der Waals surface area contributed by atoms with Crippen molar-refractivity contribution in [2.24, 2.45) is 0 Å². The van der Waals surface area contributed by atoms with Gasteiger partial charge in [0.25, 0.3) is 0 Å². The summed E-state index contributed by atoms with van der Waals surface area (Å²) in [5.74, 6) is 0.625. The molecule has 0 amide bonds. The smallest absolute Gasteiger partial charge is 0.150 e. The molecule has 0 aromatic carbocycles. The minimum atomic E-state index is 0.625. The van der Waals surface area contributed by atoms with Crippen LogP contribution in [0.1, 0.15) is 47.7 Å². The summed E-state index contributed by atoms with van der Waals surface area (Å²) in [6.45, 7) is 0. The number of imidazole rings is 1. The lowest BCUT2D eigenvalue weighted by Gasteiger charge is -2.02. The molecule has 2 heterocycles. The summed E-state index contributed by atoms with van der Waals surface area (Å²) in [6.07, 6.45) is 10.0. The van der Waals surface area contributed by atoms with E-state index >= 15 is 0 Å². The number of carbonyl (C=O) groups excluding carboxylic acids is 1. The van der Waals surface area contributed by atoms with Crippen LogP contribution in [0.4, 0.5) is 0 Å². The number of aldehydes is 1. The minimum Gasteiger partial charge on any atom is -0.307 e. The summed E-state index contributed by atoms with van der Waals surface area (Å²) in [5.41, 5.74) is 2.75. The third kappa shape index (κ3) is 1.52. The van der Waals surface area contributed by atoms with E-state index in [1.165, 1.54) is 31.4 Å². The number of aromatic nitrogens is 2. The Morgan fingerprint density at radius 1 is 1.38 bits per heavy atom. The van der Waals surface area contributed by atoms with E-state index in [1.807, 2.05) is 22.7 Å². The number of hydrogen-bond acceptors (Lipinski definition) is 2. The van der Waals surface area contributed by atoms with E-state index < -0.39 is 0 Å². The SMILES string of the molecule is O=Cc1ccn2cc(C3CCCC3)nc2c1. The van der Waals surface area contributed by atoms with Gasteiger partial charge in [-0.25, -0.2) is 4.98 Å². The van der Waals surface area contributed by atoms with E-state index in [-0.39, 0.29) is 0 Å². The molecule has 82 valence electrons. The highest BCUT2D eigenvalue weighted by Gasteiger charge is 2.19. The zero-order valence-electron chi connectivity index (χ0n) is 9.10. The summed E-state index contributed by atoms with van der Waals surface area (Å²) >= 11 is 0. The number of carbonyl (C=O) groups is 1. The zero-order chi connectivity index (χ0) is 11.0. The topological polar surface area (TPSA) is 34.4 Å². The summed E-state index contributed by atoms with van der Waals surface area (Å²) in [6, 6.07) is 3.66. The molecule has 0 atom stereocenters. The van der Waals surface area contributed by atoms with E-state index in [9.17, 15) is 4.79 Å². The maximum absolute atomic E-state index is 10.7. The van der Waals surface area contributed by atoms with Crippen LogP contribution in [0.2, 0.25) is 0 Å². The van der Waals surface area contributed by atoms with Crippen molar-refractivity contribution in [3.8, 4) is 0 Å². The fraction of sp³-hybridized carbons (Fsp3) is 0.385. The van der Waals surface area contributed by atoms with Gasteiger partial charge >= 0.3 is 0 Å². The van der Waals surface area contributed by atoms with E-state index in [2.05, 4.69) is 11.2 Å². The van der Waals surface area contributed by atoms with Crippen LogP contribution >= 0.6 is 0 Å². The molecule has 0 N–H and O–H groups in total. The minimum absolute atomic E-state index is 0.625. The summed E-state index contributed by atoms with van der Waals surface area (Å²) in [4.78, 5) is 15.3. The molecule has 3 heteroatoms. The predicted molar refractivity (Wildman–Crippen MR) is 61.8 cm³/mol. The van der Waals surface area contributed by atoms with Crippen LogP contribution in [0.15, 0.2) is 24.5 Å². The van der Waals surface area contributed by atoms with Crippen molar-refractivity contribution in [3.05, 3.63) is 35.8 Å². The number of pyridine rings is 1. The van der Waals surface area contributed by atoms with Gasteiger partial charge in [-0.3, -0.25) is 4.79 Å². The van der Waals surface area contributed by atoms with Crippen LogP contribution in [0, 0.1) is 0 Å². The molecule has 0 spiro atoms. The Balaban J connectivity index is 2.04. The number of rotatable bonds is 2. The van der Waals surface area contributed by atoms with Crippen LogP contribution in [0.25, 0.3) is 5.65 Å². The van der Waals surface area contributed by atoms with Crippen LogP contribution in [0.5, 0.6) is 0 Å². The molecule has 1 aliphatic rings. The highest BCUT2D eigenvalue weighted by atomic mass is 16.1. The molecule has 0 unspecified atom stereocenters. The summed E-state index contributed by atoms with van der Waals surface area (Å²) in [7, 11) is 0. The van der Waals surface area contributed by atoms with Crippen molar-refractivity contribution in [1.82, 2.24) is 9.38 Å². The molecule has 2 aromatic rings. The fourth-order valence-corrected chi connectivity index (χ4v) is 2.51. The lowest BCUT2D eigenvalue weighted by Crippen LogP contribution is -1.91. The Morgan fingerprint density at radius 3 is 2.94 bits per heavy atom. The molecule has 0 radical (unpaired) electrons. The summed E-state index contributed by atoms with van der Waals surface area (Å²) in [5, 5.41) is 0. The molecular formula is C13H14N2O. The van der Waals surface area contributed by atoms with Crippen molar-refractivity contribution in [2.45, 2.75) is 31.6 Å². The third-order valence-electron chi connectivity index (χ3n) is 3.41. The maximum atomic E-state index is 10.7. The Morgan fingerprint density at radius 2 is 2.19 bits per heavy atom. The van der Waals surface area contributed by atoms with Gasteiger partial charge in [0.05, 0.1) is 5.69 Å². The molecular weight excluding hydrogens is 200 g/mol. The van der Waals surface area contributed by atoms with E-state index in [0.717, 1.165) is 11.9 Å². The first-order valence-corrected chi connectivity index (χ1v) is 5.80. The molecule has 2 aromatic heterocycles. The third-order valence-corrected chi connectivity index (χ3v) is 3.41. The van der Waals surface area contributed by atoms with Gasteiger partial charge in [0.15, 0.2) is 0 Å². The monoisotopic (exact) mass is 214 g/mol. The number of fused-ring (bicyclic) bond motifs is 1. The van der Waals surface area contributed by atoms with Gasteiger partial charge in [-0.05, 0) is 25.0 Å². The van der Waals surface area contributed by atoms with Crippen molar-refractivity contribution in [1.29, 1.82) is 0 Å². The fourth-order valence-electron chi connectivity index (χ4n) is 2.51. The molecule has 0 aliphatic heterocycles. The Labute approximate surface area is 94.1 Å². The molecule has 3 rings (SSSR count). The Kier molecular flexibility index (Phi) is 2.24. The van der Waals surface area contributed by atoms with Gasteiger partial charge < -0.3 is 4.40 Å². The molecule has 3 nitrogen and oxygen atoms in total. The number of nitrogens with zero attached hydrogens (tertiary/aromatic N) is 2. The second-order valence-electron chi connectivity index (χ2n) is 4.49. The van der Waals surface area contributed by atoms with Gasteiger partial charge in [-0.1, -0.05) is 12.8 Å². The average Bonchev–Trinajstić information content (AvgIpc) is 2.96. The quantitative estimate of drug-likeness (QED) is 0.720. The van der Waals surface area contributed by atoms with Gasteiger partial charge in [0, 0.05) is 23.9 Å².